The fourth-order valence-corrected chi connectivity index (χ4v) is 4.85. The van der Waals surface area contributed by atoms with E-state index in [1.807, 2.05) is 25.3 Å². The number of rotatable bonds is 7. The molecule has 0 bridgehead atoms. The summed E-state index contributed by atoms with van der Waals surface area (Å²) in [5.74, 6) is 1.15. The molecule has 4 rings (SSSR count). The van der Waals surface area contributed by atoms with Crippen LogP contribution in [0.25, 0.3) is 11.4 Å². The van der Waals surface area contributed by atoms with E-state index < -0.39 is 0 Å². The number of hydrogen-bond donors (Lipinski definition) is 1. The van der Waals surface area contributed by atoms with Crippen LogP contribution in [0, 0.1) is 6.92 Å². The van der Waals surface area contributed by atoms with Gasteiger partial charge in [-0.1, -0.05) is 11.6 Å². The van der Waals surface area contributed by atoms with Crippen molar-refractivity contribution in [2.24, 2.45) is 7.05 Å². The molecule has 8 nitrogen and oxygen atoms in total. The summed E-state index contributed by atoms with van der Waals surface area (Å²) in [6.07, 6.45) is 1.73. The molecule has 1 aromatic carbocycles. The molecule has 2 aromatic heterocycles. The number of hydrogen-bond acceptors (Lipinski definition) is 8. The third kappa shape index (κ3) is 4.32. The van der Waals surface area contributed by atoms with Crippen molar-refractivity contribution in [1.29, 1.82) is 0 Å². The van der Waals surface area contributed by atoms with Crippen molar-refractivity contribution in [3.05, 3.63) is 50.8 Å². The number of nitrogens with one attached hydrogen (secondary N) is 1. The number of anilines is 2. The van der Waals surface area contributed by atoms with E-state index >= 15 is 0 Å². The molecule has 0 amide bonds. The summed E-state index contributed by atoms with van der Waals surface area (Å²) in [7, 11) is 3.28. The number of ether oxygens (including phenoxy) is 2. The van der Waals surface area contributed by atoms with Gasteiger partial charge in [0, 0.05) is 43.9 Å². The predicted molar refractivity (Wildman–Crippen MR) is 128 cm³/mol. The number of halogens is 1. The normalized spacial score (nSPS) is 18.2. The third-order valence-corrected chi connectivity index (χ3v) is 6.70. The Hall–Kier alpha value is -2.62. The molecule has 1 aliphatic heterocycles. The molecule has 1 fully saturated rings. The third-order valence-electron chi connectivity index (χ3n) is 5.56. The van der Waals surface area contributed by atoms with Gasteiger partial charge in [0.25, 0.3) is 5.56 Å². The van der Waals surface area contributed by atoms with Crippen molar-refractivity contribution in [2.75, 3.05) is 37.0 Å². The summed E-state index contributed by atoms with van der Waals surface area (Å²) in [6, 6.07) is 5.25. The van der Waals surface area contributed by atoms with Crippen LogP contribution in [-0.4, -0.2) is 53.5 Å². The van der Waals surface area contributed by atoms with E-state index in [-0.39, 0.29) is 17.7 Å². The number of benzene rings is 1. The van der Waals surface area contributed by atoms with Crippen molar-refractivity contribution < 1.29 is 9.47 Å². The first kappa shape index (κ1) is 22.6. The zero-order chi connectivity index (χ0) is 22.8. The summed E-state index contributed by atoms with van der Waals surface area (Å²) in [5, 5.41) is 6.80. The smallest absolute Gasteiger partial charge is 0.277 e. The van der Waals surface area contributed by atoms with Crippen LogP contribution in [0.2, 0.25) is 5.02 Å². The van der Waals surface area contributed by atoms with E-state index in [2.05, 4.69) is 15.2 Å². The van der Waals surface area contributed by atoms with Crippen LogP contribution in [0.3, 0.4) is 0 Å². The van der Waals surface area contributed by atoms with Crippen LogP contribution in [0.5, 0.6) is 5.75 Å². The summed E-state index contributed by atoms with van der Waals surface area (Å²) < 4.78 is 12.7. The van der Waals surface area contributed by atoms with Crippen LogP contribution in [0.1, 0.15) is 12.6 Å². The van der Waals surface area contributed by atoms with Gasteiger partial charge in [0.1, 0.15) is 17.3 Å². The Kier molecular flexibility index (Phi) is 6.68. The highest BCUT2D eigenvalue weighted by Crippen LogP contribution is 2.31. The maximum Gasteiger partial charge on any atom is 0.277 e. The number of thiazole rings is 1. The molecule has 1 saturated heterocycles. The highest BCUT2D eigenvalue weighted by Gasteiger charge is 2.35. The first-order chi connectivity index (χ1) is 15.4. The van der Waals surface area contributed by atoms with E-state index in [0.717, 1.165) is 5.13 Å². The van der Waals surface area contributed by atoms with Gasteiger partial charge < -0.3 is 19.7 Å². The van der Waals surface area contributed by atoms with Crippen LogP contribution in [0.4, 0.5) is 10.8 Å². The highest BCUT2D eigenvalue weighted by molar-refractivity contribution is 7.13. The largest absolute Gasteiger partial charge is 0.497 e. The lowest BCUT2D eigenvalue weighted by Crippen LogP contribution is -2.38. The minimum absolute atomic E-state index is 0.0660. The molecule has 0 saturated carbocycles. The number of nitrogens with zero attached hydrogens (tertiary/aromatic N) is 4. The molecule has 170 valence electrons. The van der Waals surface area contributed by atoms with Gasteiger partial charge in [0.15, 0.2) is 5.13 Å². The van der Waals surface area contributed by atoms with Gasteiger partial charge in [-0.15, -0.1) is 11.3 Å². The fourth-order valence-electron chi connectivity index (χ4n) is 3.93. The predicted octanol–water partition coefficient (Wildman–Crippen LogP) is 3.58. The Balaban J connectivity index is 1.64. The van der Waals surface area contributed by atoms with Crippen molar-refractivity contribution in [1.82, 2.24) is 14.5 Å². The van der Waals surface area contributed by atoms with Gasteiger partial charge in [-0.3, -0.25) is 9.36 Å². The molecule has 0 aliphatic carbocycles. The molecule has 1 unspecified atom stereocenters. The molecule has 10 heteroatoms. The number of methoxy groups -OCH3 is 1. The van der Waals surface area contributed by atoms with Crippen LogP contribution >= 0.6 is 22.9 Å². The first-order valence-corrected chi connectivity index (χ1v) is 11.6. The zero-order valence-corrected chi connectivity index (χ0v) is 20.0. The topological polar surface area (TPSA) is 81.5 Å². The van der Waals surface area contributed by atoms with Gasteiger partial charge in [-0.2, -0.15) is 0 Å². The molecule has 2 atom stereocenters. The molecular weight excluding hydrogens is 450 g/mol. The van der Waals surface area contributed by atoms with E-state index in [9.17, 15) is 4.79 Å². The lowest BCUT2D eigenvalue weighted by molar-refractivity contribution is 0.0720. The first-order valence-electron chi connectivity index (χ1n) is 10.4. The van der Waals surface area contributed by atoms with E-state index in [1.54, 1.807) is 43.8 Å². The molecule has 3 aromatic rings. The molecule has 0 radical (unpaired) electrons. The SMILES string of the molecule is CCO[C@H]1CN(c2nccs2)CC1Nc1c(C)nc(-c2ccc(OC)cc2Cl)n(C)c1=O. The summed E-state index contributed by atoms with van der Waals surface area (Å²) in [5.41, 5.74) is 1.58. The molecule has 32 heavy (non-hydrogen) atoms. The summed E-state index contributed by atoms with van der Waals surface area (Å²) in [4.78, 5) is 24.6. The Morgan fingerprint density at radius 1 is 1.34 bits per heavy atom. The Labute approximate surface area is 195 Å². The minimum atomic E-state index is -0.165. The lowest BCUT2D eigenvalue weighted by Gasteiger charge is -2.22. The van der Waals surface area contributed by atoms with Crippen LogP contribution in [-0.2, 0) is 11.8 Å². The Bertz CT molecular complexity index is 1150. The Morgan fingerprint density at radius 2 is 2.16 bits per heavy atom. The lowest BCUT2D eigenvalue weighted by atomic mass is 10.1. The molecular formula is C22H26ClN5O3S. The average Bonchev–Trinajstić information content (AvgIpc) is 3.44. The maximum atomic E-state index is 13.3. The quantitative estimate of drug-likeness (QED) is 0.559. The average molecular weight is 476 g/mol. The van der Waals surface area contributed by atoms with Gasteiger partial charge in [0.05, 0.1) is 30.0 Å². The van der Waals surface area contributed by atoms with Gasteiger partial charge in [-0.05, 0) is 32.0 Å². The standard InChI is InChI=1S/C22H26ClN5O3S/c1-5-31-18-12-28(22-24-8-9-32-22)11-17(18)26-19-13(2)25-20(27(3)21(19)29)15-7-6-14(30-4)10-16(15)23/h6-10,17-18,26H,5,11-12H2,1-4H3/t17?,18-/m0/s1. The monoisotopic (exact) mass is 475 g/mol. The highest BCUT2D eigenvalue weighted by atomic mass is 35.5. The van der Waals surface area contributed by atoms with Crippen molar-refractivity contribution in [3.8, 4) is 17.1 Å². The molecule has 1 aliphatic rings. The molecule has 1 N–H and O–H groups in total. The maximum absolute atomic E-state index is 13.3. The van der Waals surface area contributed by atoms with E-state index in [4.69, 9.17) is 26.1 Å². The fraction of sp³-hybridized carbons (Fsp3) is 0.409. The second kappa shape index (κ2) is 9.48. The van der Waals surface area contributed by atoms with E-state index in [1.165, 1.54) is 4.57 Å². The summed E-state index contributed by atoms with van der Waals surface area (Å²) >= 11 is 8.03. The van der Waals surface area contributed by atoms with E-state index in [0.29, 0.717) is 53.2 Å². The van der Waals surface area contributed by atoms with Crippen molar-refractivity contribution >= 4 is 33.8 Å². The Morgan fingerprint density at radius 3 is 2.81 bits per heavy atom. The molecule has 3 heterocycles. The summed E-state index contributed by atoms with van der Waals surface area (Å²) in [6.45, 7) is 5.80. The zero-order valence-electron chi connectivity index (χ0n) is 18.5. The second-order valence-corrected chi connectivity index (χ2v) is 8.85. The minimum Gasteiger partial charge on any atom is -0.497 e. The van der Waals surface area contributed by atoms with Crippen LogP contribution < -0.4 is 20.5 Å². The number of aromatic nitrogens is 3. The second-order valence-electron chi connectivity index (χ2n) is 7.57. The van der Waals surface area contributed by atoms with Gasteiger partial charge in [-0.25, -0.2) is 9.97 Å². The van der Waals surface area contributed by atoms with Gasteiger partial charge in [0.2, 0.25) is 0 Å². The number of aryl methyl sites for hydroxylation is 1. The van der Waals surface area contributed by atoms with Crippen molar-refractivity contribution in [3.63, 3.8) is 0 Å². The van der Waals surface area contributed by atoms with Gasteiger partial charge >= 0.3 is 0 Å². The van der Waals surface area contributed by atoms with Crippen molar-refractivity contribution in [2.45, 2.75) is 26.0 Å². The molecule has 0 spiro atoms. The van der Waals surface area contributed by atoms with Crippen LogP contribution in [0.15, 0.2) is 34.6 Å².